The van der Waals surface area contributed by atoms with Crippen molar-refractivity contribution in [1.29, 1.82) is 5.26 Å². The fraction of sp³-hybridized carbons (Fsp3) is 0.541. The third-order valence-corrected chi connectivity index (χ3v) is 11.1. The van der Waals surface area contributed by atoms with Crippen molar-refractivity contribution in [2.45, 2.75) is 70.8 Å². The zero-order valence-electron chi connectivity index (χ0n) is 31.1. The molecular formula is C37H48Cl2N8O5. The van der Waals surface area contributed by atoms with Crippen molar-refractivity contribution in [2.75, 3.05) is 66.4 Å². The first-order valence-corrected chi connectivity index (χ1v) is 18.2. The molecule has 1 N–H and O–H groups in total. The van der Waals surface area contributed by atoms with Crippen LogP contribution in [0.2, 0.25) is 10.0 Å². The highest BCUT2D eigenvalue weighted by molar-refractivity contribution is 6.41. The number of hydrogen-bond donors (Lipinski definition) is 1. The number of nitriles is 1. The summed E-state index contributed by atoms with van der Waals surface area (Å²) in [6.07, 6.45) is 4.50. The summed E-state index contributed by atoms with van der Waals surface area (Å²) in [5.41, 5.74) is 0.242. The van der Waals surface area contributed by atoms with Gasteiger partial charge in [0.25, 0.3) is 11.5 Å². The Morgan fingerprint density at radius 3 is 2.27 bits per heavy atom. The fourth-order valence-electron chi connectivity index (χ4n) is 6.96. The lowest BCUT2D eigenvalue weighted by atomic mass is 9.94. The molecule has 0 saturated carbocycles. The lowest BCUT2D eigenvalue weighted by Gasteiger charge is -2.48. The summed E-state index contributed by atoms with van der Waals surface area (Å²) < 4.78 is 18.7. The number of carbonyl (C=O) groups excluding carboxylic acids is 1. The molecule has 2 fully saturated rings. The van der Waals surface area contributed by atoms with Gasteiger partial charge in [-0.25, -0.2) is 4.98 Å². The lowest BCUT2D eigenvalue weighted by molar-refractivity contribution is -0.129. The quantitative estimate of drug-likeness (QED) is 0.207. The van der Waals surface area contributed by atoms with Gasteiger partial charge in [-0.1, -0.05) is 23.2 Å². The van der Waals surface area contributed by atoms with Gasteiger partial charge in [0.15, 0.2) is 0 Å². The molecule has 0 bridgehead atoms. The van der Waals surface area contributed by atoms with Gasteiger partial charge in [0.1, 0.15) is 28.8 Å². The summed E-state index contributed by atoms with van der Waals surface area (Å²) in [5, 5.41) is 13.9. The molecule has 5 rings (SSSR count). The van der Waals surface area contributed by atoms with Crippen LogP contribution < -0.4 is 20.3 Å². The number of likely N-dealkylation sites (tertiary alicyclic amines) is 1. The predicted molar refractivity (Wildman–Crippen MR) is 203 cm³/mol. The molecule has 0 aliphatic carbocycles. The molecule has 2 aliphatic rings. The summed E-state index contributed by atoms with van der Waals surface area (Å²) in [6.45, 7) is 11.5. The highest BCUT2D eigenvalue weighted by Crippen LogP contribution is 2.45. The number of amides is 1. The maximum atomic E-state index is 14.2. The van der Waals surface area contributed by atoms with Crippen LogP contribution in [0.5, 0.6) is 11.5 Å². The highest BCUT2D eigenvalue weighted by atomic mass is 35.5. The molecule has 13 nitrogen and oxygen atoms in total. The standard InChI is InChI=1S/C37H48Cl2N8O5/c1-22-20-46(21-23(2)44(22)6)37(3,4)17-25(18-40)34(48)45-11-9-26(10-12-45)52-14-13-47-33-24(19-42-36(41-5)43-33)15-27(35(47)49)30-31(38)28(50-7)16-29(51-8)32(30)39/h15-17,19,22-23,26H,9-14,20-21H2,1-8H3,(H,41,42,43)/b25-17-. The Morgan fingerprint density at radius 2 is 1.71 bits per heavy atom. The Bertz CT molecular complexity index is 1900. The topological polar surface area (TPSA) is 138 Å². The number of carbonyl (C=O) groups is 1. The summed E-state index contributed by atoms with van der Waals surface area (Å²) >= 11 is 13.4. The highest BCUT2D eigenvalue weighted by Gasteiger charge is 2.36. The van der Waals surface area contributed by atoms with Crippen molar-refractivity contribution in [2.24, 2.45) is 0 Å². The SMILES string of the molecule is CNc1ncc2cc(-c3c(Cl)c(OC)cc(OC)c3Cl)c(=O)n(CCOC3CCN(C(=O)/C(C#N)=C\C(C)(C)N4CC(C)N(C)C(C)C4)CC3)c2n1. The number of hydrogen-bond acceptors (Lipinski definition) is 11. The second kappa shape index (κ2) is 16.4. The second-order valence-electron chi connectivity index (χ2n) is 14.0. The van der Waals surface area contributed by atoms with Gasteiger partial charge in [0, 0.05) is 74.1 Å². The van der Waals surface area contributed by atoms with Gasteiger partial charge in [0.2, 0.25) is 5.95 Å². The number of likely N-dealkylation sites (N-methyl/N-ethyl adjacent to an activating group) is 1. The normalized spacial score (nSPS) is 19.5. The Hall–Kier alpha value is -3.93. The van der Waals surface area contributed by atoms with Crippen LogP contribution in [-0.2, 0) is 16.1 Å². The molecule has 0 spiro atoms. The fourth-order valence-corrected chi connectivity index (χ4v) is 7.66. The van der Waals surface area contributed by atoms with E-state index in [1.165, 1.54) is 18.8 Å². The summed E-state index contributed by atoms with van der Waals surface area (Å²) in [5.74, 6) is 0.705. The molecule has 280 valence electrons. The van der Waals surface area contributed by atoms with Crippen molar-refractivity contribution in [3.8, 4) is 28.7 Å². The van der Waals surface area contributed by atoms with Gasteiger partial charge in [-0.2, -0.15) is 10.2 Å². The summed E-state index contributed by atoms with van der Waals surface area (Å²) in [6, 6.07) is 6.13. The maximum absolute atomic E-state index is 14.2. The Labute approximate surface area is 315 Å². The summed E-state index contributed by atoms with van der Waals surface area (Å²) in [7, 11) is 6.77. The molecule has 3 aromatic rings. The zero-order chi connectivity index (χ0) is 37.9. The second-order valence-corrected chi connectivity index (χ2v) is 14.7. The van der Waals surface area contributed by atoms with Gasteiger partial charge in [-0.15, -0.1) is 0 Å². The van der Waals surface area contributed by atoms with E-state index in [-0.39, 0.29) is 57.5 Å². The Morgan fingerprint density at radius 1 is 1.10 bits per heavy atom. The number of nitrogens with one attached hydrogen (secondary N) is 1. The van der Waals surface area contributed by atoms with Gasteiger partial charge < -0.3 is 24.4 Å². The first kappa shape index (κ1) is 39.3. The number of piperidine rings is 1. The number of methoxy groups -OCH3 is 2. The van der Waals surface area contributed by atoms with Gasteiger partial charge >= 0.3 is 0 Å². The van der Waals surface area contributed by atoms with E-state index in [1.54, 1.807) is 30.3 Å². The molecule has 1 aromatic carbocycles. The van der Waals surface area contributed by atoms with Crippen LogP contribution in [0, 0.1) is 11.3 Å². The van der Waals surface area contributed by atoms with E-state index in [2.05, 4.69) is 65.9 Å². The molecule has 15 heteroatoms. The average molecular weight is 756 g/mol. The van der Waals surface area contributed by atoms with Gasteiger partial charge in [-0.3, -0.25) is 24.0 Å². The van der Waals surface area contributed by atoms with Crippen LogP contribution in [-0.4, -0.2) is 120 Å². The van der Waals surface area contributed by atoms with Crippen molar-refractivity contribution < 1.29 is 19.0 Å². The Kier molecular flexibility index (Phi) is 12.4. The first-order chi connectivity index (χ1) is 24.7. The number of benzene rings is 1. The van der Waals surface area contributed by atoms with E-state index in [0.29, 0.717) is 66.5 Å². The van der Waals surface area contributed by atoms with Crippen LogP contribution in [0.4, 0.5) is 5.95 Å². The number of fused-ring (bicyclic) bond motifs is 1. The average Bonchev–Trinajstić information content (AvgIpc) is 3.13. The van der Waals surface area contributed by atoms with Crippen LogP contribution >= 0.6 is 23.2 Å². The smallest absolute Gasteiger partial charge is 0.264 e. The van der Waals surface area contributed by atoms with Gasteiger partial charge in [0.05, 0.1) is 49.1 Å². The predicted octanol–water partition coefficient (Wildman–Crippen LogP) is 5.08. The number of aromatic nitrogens is 3. The van der Waals surface area contributed by atoms with E-state index >= 15 is 0 Å². The van der Waals surface area contributed by atoms with Crippen LogP contribution in [0.25, 0.3) is 22.2 Å². The molecule has 4 heterocycles. The van der Waals surface area contributed by atoms with Crippen LogP contribution in [0.3, 0.4) is 0 Å². The molecule has 2 aliphatic heterocycles. The van der Waals surface area contributed by atoms with Crippen molar-refractivity contribution in [3.63, 3.8) is 0 Å². The number of rotatable bonds is 11. The van der Waals surface area contributed by atoms with Gasteiger partial charge in [-0.05, 0) is 59.7 Å². The summed E-state index contributed by atoms with van der Waals surface area (Å²) in [4.78, 5) is 43.1. The lowest BCUT2D eigenvalue weighted by Crippen LogP contribution is -2.60. The number of piperazine rings is 1. The van der Waals surface area contributed by atoms with E-state index in [4.69, 9.17) is 37.4 Å². The molecule has 2 unspecified atom stereocenters. The van der Waals surface area contributed by atoms with Crippen molar-refractivity contribution in [1.82, 2.24) is 29.2 Å². The molecule has 52 heavy (non-hydrogen) atoms. The molecule has 2 saturated heterocycles. The Balaban J connectivity index is 1.30. The third kappa shape index (κ3) is 8.01. The van der Waals surface area contributed by atoms with Crippen LogP contribution in [0.15, 0.2) is 34.8 Å². The molecule has 1 amide bonds. The molecule has 0 radical (unpaired) electrons. The minimum atomic E-state index is -0.459. The minimum Gasteiger partial charge on any atom is -0.495 e. The molecule has 2 aromatic heterocycles. The van der Waals surface area contributed by atoms with Crippen molar-refractivity contribution >= 4 is 46.1 Å². The third-order valence-electron chi connectivity index (χ3n) is 10.3. The van der Waals surface area contributed by atoms with E-state index in [9.17, 15) is 14.9 Å². The molecular weight excluding hydrogens is 707 g/mol. The van der Waals surface area contributed by atoms with E-state index in [0.717, 1.165) is 13.1 Å². The van der Waals surface area contributed by atoms with Crippen LogP contribution in [0.1, 0.15) is 40.5 Å². The van der Waals surface area contributed by atoms with Crippen molar-refractivity contribution in [3.05, 3.63) is 50.4 Å². The number of pyridine rings is 1. The van der Waals surface area contributed by atoms with E-state index in [1.807, 2.05) is 6.08 Å². The molecule has 2 atom stereocenters. The number of ether oxygens (including phenoxy) is 3. The van der Waals surface area contributed by atoms with E-state index < -0.39 is 5.54 Å². The largest absolute Gasteiger partial charge is 0.495 e. The zero-order valence-corrected chi connectivity index (χ0v) is 32.6. The maximum Gasteiger partial charge on any atom is 0.264 e. The number of nitrogens with zero attached hydrogens (tertiary/aromatic N) is 7. The minimum absolute atomic E-state index is 0.137. The number of anilines is 1. The monoisotopic (exact) mass is 754 g/mol. The first-order valence-electron chi connectivity index (χ1n) is 17.4. The number of halogens is 2.